The van der Waals surface area contributed by atoms with E-state index in [1.54, 1.807) is 37.0 Å². The van der Waals surface area contributed by atoms with Crippen LogP contribution >= 0.6 is 0 Å². The molecule has 1 atom stereocenters. The predicted octanol–water partition coefficient (Wildman–Crippen LogP) is 3.03. The number of ether oxygens (including phenoxy) is 1. The van der Waals surface area contributed by atoms with Gasteiger partial charge in [0.25, 0.3) is 0 Å². The minimum absolute atomic E-state index is 0.159. The van der Waals surface area contributed by atoms with Crippen molar-refractivity contribution in [2.24, 2.45) is 5.92 Å². The van der Waals surface area contributed by atoms with Crippen LogP contribution in [0.15, 0.2) is 30.3 Å². The summed E-state index contributed by atoms with van der Waals surface area (Å²) in [7, 11) is 0. The molecule has 0 aliphatic heterocycles. The molecule has 1 aliphatic carbocycles. The van der Waals surface area contributed by atoms with E-state index in [-0.39, 0.29) is 29.7 Å². The Balaban J connectivity index is 2.00. The number of benzene rings is 1. The fraction of sp³-hybridized carbons (Fsp3) is 0.444. The zero-order valence-electron chi connectivity index (χ0n) is 13.5. The first-order chi connectivity index (χ1) is 11.0. The Hall–Kier alpha value is -2.17. The van der Waals surface area contributed by atoms with Gasteiger partial charge in [-0.05, 0) is 43.5 Å². The van der Waals surface area contributed by atoms with E-state index in [2.05, 4.69) is 0 Å². The molecule has 1 amide bonds. The molecule has 1 aromatic rings. The van der Waals surface area contributed by atoms with Gasteiger partial charge in [0.1, 0.15) is 5.82 Å². The third-order valence-electron chi connectivity index (χ3n) is 3.70. The molecular weight excluding hydrogens is 297 g/mol. The van der Waals surface area contributed by atoms with E-state index in [9.17, 15) is 14.0 Å². The summed E-state index contributed by atoms with van der Waals surface area (Å²) in [6, 6.07) is 6.25. The van der Waals surface area contributed by atoms with Gasteiger partial charge in [0.2, 0.25) is 5.91 Å². The molecular formula is C18H22FNO3. The second-order valence-corrected chi connectivity index (χ2v) is 5.76. The summed E-state index contributed by atoms with van der Waals surface area (Å²) in [5.41, 5.74) is 0.632. The molecule has 0 spiro atoms. The number of carbonyl (C=O) groups is 2. The summed E-state index contributed by atoms with van der Waals surface area (Å²) in [4.78, 5) is 25.8. The lowest BCUT2D eigenvalue weighted by atomic mass is 10.1. The number of hydrogen-bond acceptors (Lipinski definition) is 3. The van der Waals surface area contributed by atoms with Gasteiger partial charge in [0.15, 0.2) is 0 Å². The minimum atomic E-state index is -0.359. The molecule has 0 saturated heterocycles. The van der Waals surface area contributed by atoms with Crippen LogP contribution in [0.3, 0.4) is 0 Å². The van der Waals surface area contributed by atoms with Crippen molar-refractivity contribution in [3.63, 3.8) is 0 Å². The second-order valence-electron chi connectivity index (χ2n) is 5.76. The van der Waals surface area contributed by atoms with E-state index in [0.717, 1.165) is 12.8 Å². The van der Waals surface area contributed by atoms with Gasteiger partial charge in [-0.25, -0.2) is 4.39 Å². The Morgan fingerprint density at radius 3 is 2.78 bits per heavy atom. The highest BCUT2D eigenvalue weighted by Crippen LogP contribution is 2.28. The average molecular weight is 319 g/mol. The fourth-order valence-electron chi connectivity index (χ4n) is 2.33. The number of nitrogens with zero attached hydrogens (tertiary/aromatic N) is 1. The zero-order valence-corrected chi connectivity index (χ0v) is 13.5. The van der Waals surface area contributed by atoms with Crippen LogP contribution in [-0.2, 0) is 14.3 Å². The zero-order chi connectivity index (χ0) is 16.8. The quantitative estimate of drug-likeness (QED) is 0.573. The maximum atomic E-state index is 13.1. The summed E-state index contributed by atoms with van der Waals surface area (Å²) in [6.07, 6.45) is 4.94. The van der Waals surface area contributed by atoms with Crippen molar-refractivity contribution < 1.29 is 18.7 Å². The molecule has 5 heteroatoms. The van der Waals surface area contributed by atoms with Crippen LogP contribution in [0.4, 0.5) is 4.39 Å². The molecule has 1 aliphatic rings. The van der Waals surface area contributed by atoms with Crippen molar-refractivity contribution in [1.29, 1.82) is 0 Å². The van der Waals surface area contributed by atoms with Gasteiger partial charge in [-0.15, -0.1) is 0 Å². The van der Waals surface area contributed by atoms with Crippen molar-refractivity contribution in [2.45, 2.75) is 32.7 Å². The van der Waals surface area contributed by atoms with E-state index < -0.39 is 0 Å². The van der Waals surface area contributed by atoms with Crippen molar-refractivity contribution in [1.82, 2.24) is 4.90 Å². The molecule has 0 bridgehead atoms. The van der Waals surface area contributed by atoms with Crippen LogP contribution in [0.1, 0.15) is 32.3 Å². The lowest BCUT2D eigenvalue weighted by Gasteiger charge is -2.23. The molecule has 0 aromatic heterocycles. The molecule has 1 aromatic carbocycles. The number of halogens is 1. The second kappa shape index (κ2) is 7.90. The van der Waals surface area contributed by atoms with Gasteiger partial charge in [0, 0.05) is 18.7 Å². The van der Waals surface area contributed by atoms with Crippen molar-refractivity contribution in [3.8, 4) is 0 Å². The van der Waals surface area contributed by atoms with Gasteiger partial charge >= 0.3 is 5.97 Å². The monoisotopic (exact) mass is 319 g/mol. The van der Waals surface area contributed by atoms with E-state index in [0.29, 0.717) is 18.7 Å². The van der Waals surface area contributed by atoms with Gasteiger partial charge in [-0.3, -0.25) is 9.59 Å². The van der Waals surface area contributed by atoms with Gasteiger partial charge in [-0.1, -0.05) is 19.1 Å². The van der Waals surface area contributed by atoms with Crippen LogP contribution in [0.25, 0.3) is 6.08 Å². The molecule has 1 unspecified atom stereocenters. The van der Waals surface area contributed by atoms with Crippen LogP contribution in [0.5, 0.6) is 0 Å². The number of rotatable bonds is 7. The van der Waals surface area contributed by atoms with E-state index in [1.165, 1.54) is 18.2 Å². The number of hydrogen-bond donors (Lipinski definition) is 0. The Morgan fingerprint density at radius 1 is 1.43 bits per heavy atom. The van der Waals surface area contributed by atoms with Crippen molar-refractivity contribution in [2.75, 3.05) is 13.2 Å². The van der Waals surface area contributed by atoms with E-state index in [4.69, 9.17) is 4.74 Å². The molecule has 124 valence electrons. The number of amides is 1. The standard InChI is InChI=1S/C18H22FNO3/c1-3-23-18(22)13(2)12-20(16-8-9-16)17(21)10-7-14-5-4-6-15(19)11-14/h4-7,10-11,13,16H,3,8-9,12H2,1-2H3/b10-7+. The number of carbonyl (C=O) groups excluding carboxylic acids is 2. The molecule has 1 fully saturated rings. The number of esters is 1. The molecule has 0 radical (unpaired) electrons. The Kier molecular flexibility index (Phi) is 5.90. The largest absolute Gasteiger partial charge is 0.466 e. The van der Waals surface area contributed by atoms with E-state index in [1.807, 2.05) is 0 Å². The van der Waals surface area contributed by atoms with Crippen molar-refractivity contribution >= 4 is 18.0 Å². The first kappa shape index (κ1) is 17.2. The van der Waals surface area contributed by atoms with Gasteiger partial charge in [-0.2, -0.15) is 0 Å². The molecule has 2 rings (SSSR count). The van der Waals surface area contributed by atoms with Crippen molar-refractivity contribution in [3.05, 3.63) is 41.7 Å². The van der Waals surface area contributed by atoms with Crippen LogP contribution in [0, 0.1) is 11.7 Å². The molecule has 0 heterocycles. The maximum absolute atomic E-state index is 13.1. The van der Waals surface area contributed by atoms with Crippen LogP contribution in [-0.4, -0.2) is 36.0 Å². The third-order valence-corrected chi connectivity index (χ3v) is 3.70. The highest BCUT2D eigenvalue weighted by molar-refractivity contribution is 5.92. The van der Waals surface area contributed by atoms with Gasteiger partial charge in [0.05, 0.1) is 12.5 Å². The third kappa shape index (κ3) is 5.20. The molecule has 4 nitrogen and oxygen atoms in total. The fourth-order valence-corrected chi connectivity index (χ4v) is 2.33. The highest BCUT2D eigenvalue weighted by atomic mass is 19.1. The van der Waals surface area contributed by atoms with Crippen LogP contribution < -0.4 is 0 Å². The topological polar surface area (TPSA) is 46.6 Å². The summed E-state index contributed by atoms with van der Waals surface area (Å²) in [5, 5.41) is 0. The lowest BCUT2D eigenvalue weighted by Crippen LogP contribution is -2.38. The predicted molar refractivity (Wildman–Crippen MR) is 86.0 cm³/mol. The smallest absolute Gasteiger partial charge is 0.310 e. The van der Waals surface area contributed by atoms with Gasteiger partial charge < -0.3 is 9.64 Å². The summed E-state index contributed by atoms with van der Waals surface area (Å²) in [6.45, 7) is 4.20. The Morgan fingerprint density at radius 2 is 2.17 bits per heavy atom. The molecule has 1 saturated carbocycles. The summed E-state index contributed by atoms with van der Waals surface area (Å²) in [5.74, 6) is -1.15. The summed E-state index contributed by atoms with van der Waals surface area (Å²) < 4.78 is 18.1. The first-order valence-electron chi connectivity index (χ1n) is 7.92. The Labute approximate surface area is 135 Å². The average Bonchev–Trinajstić information content (AvgIpc) is 3.35. The SMILES string of the molecule is CCOC(=O)C(C)CN(C(=O)/C=C/c1cccc(F)c1)C1CC1. The minimum Gasteiger partial charge on any atom is -0.466 e. The normalized spacial score (nSPS) is 15.4. The Bertz CT molecular complexity index is 596. The van der Waals surface area contributed by atoms with Crippen LogP contribution in [0.2, 0.25) is 0 Å². The first-order valence-corrected chi connectivity index (χ1v) is 7.92. The van der Waals surface area contributed by atoms with E-state index >= 15 is 0 Å². The molecule has 0 N–H and O–H groups in total. The summed E-state index contributed by atoms with van der Waals surface area (Å²) >= 11 is 0. The molecule has 23 heavy (non-hydrogen) atoms. The lowest BCUT2D eigenvalue weighted by molar-refractivity contribution is -0.148. The highest BCUT2D eigenvalue weighted by Gasteiger charge is 2.33. The maximum Gasteiger partial charge on any atom is 0.310 e.